The van der Waals surface area contributed by atoms with Gasteiger partial charge in [-0.2, -0.15) is 0 Å². The van der Waals surface area contributed by atoms with E-state index in [0.717, 1.165) is 70.3 Å². The Morgan fingerprint density at radius 1 is 1.14 bits per heavy atom. The molecule has 2 saturated heterocycles. The molecule has 0 radical (unpaired) electrons. The van der Waals surface area contributed by atoms with Gasteiger partial charge in [-0.3, -0.25) is 4.79 Å². The number of carbonyl (C=O) groups excluding carboxylic acids is 2. The van der Waals surface area contributed by atoms with Gasteiger partial charge in [0.25, 0.3) is 0 Å². The maximum Gasteiger partial charge on any atom is 0.410 e. The molecule has 3 atom stereocenters. The van der Waals surface area contributed by atoms with Gasteiger partial charge in [0.2, 0.25) is 5.91 Å². The fourth-order valence-corrected chi connectivity index (χ4v) is 6.60. The average Bonchev–Trinajstić information content (AvgIpc) is 3.39. The molecule has 1 aromatic rings. The van der Waals surface area contributed by atoms with Gasteiger partial charge < -0.3 is 19.4 Å². The van der Waals surface area contributed by atoms with Crippen LogP contribution in [0.1, 0.15) is 78.2 Å². The molecule has 3 unspecified atom stereocenters. The van der Waals surface area contributed by atoms with Crippen LogP contribution in [0, 0.1) is 0 Å². The minimum absolute atomic E-state index is 0.0702. The second-order valence-electron chi connectivity index (χ2n) is 10.7. The largest absolute Gasteiger partial charge is 0.445 e. The van der Waals surface area contributed by atoms with E-state index >= 15 is 0 Å². The van der Waals surface area contributed by atoms with Crippen molar-refractivity contribution in [2.24, 2.45) is 0 Å². The Kier molecular flexibility index (Phi) is 8.20. The predicted octanol–water partition coefficient (Wildman–Crippen LogP) is 5.51. The van der Waals surface area contributed by atoms with Crippen LogP contribution in [0.2, 0.25) is 0 Å². The lowest BCUT2D eigenvalue weighted by Crippen LogP contribution is -2.51. The molecule has 0 saturated carbocycles. The van der Waals surface area contributed by atoms with Gasteiger partial charge in [-0.1, -0.05) is 44.2 Å². The number of hydrogen-bond donors (Lipinski definition) is 0. The summed E-state index contributed by atoms with van der Waals surface area (Å²) < 4.78 is 5.57. The lowest BCUT2D eigenvalue weighted by Gasteiger charge is -2.44. The van der Waals surface area contributed by atoms with E-state index in [0.29, 0.717) is 12.6 Å². The highest BCUT2D eigenvalue weighted by Crippen LogP contribution is 2.47. The first-order valence-electron chi connectivity index (χ1n) is 13.6. The lowest BCUT2D eigenvalue weighted by atomic mass is 9.74. The first-order chi connectivity index (χ1) is 16.9. The van der Waals surface area contributed by atoms with Crippen LogP contribution in [0.3, 0.4) is 0 Å². The Labute approximate surface area is 211 Å². The molecule has 1 spiro atoms. The van der Waals surface area contributed by atoms with E-state index < -0.39 is 0 Å². The van der Waals surface area contributed by atoms with Crippen molar-refractivity contribution in [2.45, 2.75) is 96.2 Å². The van der Waals surface area contributed by atoms with Gasteiger partial charge in [-0.05, 0) is 76.6 Å². The molecule has 0 N–H and O–H groups in total. The van der Waals surface area contributed by atoms with Crippen molar-refractivity contribution in [3.05, 3.63) is 42.0 Å². The summed E-state index contributed by atoms with van der Waals surface area (Å²) in [6, 6.07) is 9.41. The van der Waals surface area contributed by atoms with Gasteiger partial charge in [-0.25, -0.2) is 4.79 Å². The Hall–Kier alpha value is -2.34. The van der Waals surface area contributed by atoms with Gasteiger partial charge >= 0.3 is 6.09 Å². The molecule has 2 fully saturated rings. The highest BCUT2D eigenvalue weighted by atomic mass is 16.6. The number of piperidine rings is 1. The molecule has 0 aliphatic carbocycles. The summed E-state index contributed by atoms with van der Waals surface area (Å²) in [6.45, 7) is 11.4. The molecule has 3 aliphatic heterocycles. The fourth-order valence-electron chi connectivity index (χ4n) is 6.60. The fraction of sp³-hybridized carbons (Fsp3) is 0.655. The summed E-state index contributed by atoms with van der Waals surface area (Å²) in [5.74, 6) is 0.135. The zero-order valence-electron chi connectivity index (χ0n) is 22.0. The number of amides is 2. The van der Waals surface area contributed by atoms with Crippen molar-refractivity contribution in [2.75, 3.05) is 31.1 Å². The lowest BCUT2D eigenvalue weighted by molar-refractivity contribution is -0.116. The monoisotopic (exact) mass is 481 g/mol. The van der Waals surface area contributed by atoms with Crippen LogP contribution >= 0.6 is 0 Å². The van der Waals surface area contributed by atoms with Gasteiger partial charge in [-0.15, -0.1) is 0 Å². The Bertz CT molecular complexity index is 922. The van der Waals surface area contributed by atoms with Gasteiger partial charge in [0.05, 0.1) is 0 Å². The summed E-state index contributed by atoms with van der Waals surface area (Å²) in [7, 11) is 0. The average molecular weight is 482 g/mol. The summed E-state index contributed by atoms with van der Waals surface area (Å²) in [5.41, 5.74) is 2.52. The SMILES string of the molecule is CCC=CCOC(=O)N1C(C)CCC1CC(CC)N1CCC2(CC1)CN(C(C)=O)c1ccccc12. The van der Waals surface area contributed by atoms with Crippen molar-refractivity contribution in [3.8, 4) is 0 Å². The van der Waals surface area contributed by atoms with Crippen molar-refractivity contribution in [1.82, 2.24) is 9.80 Å². The highest BCUT2D eigenvalue weighted by molar-refractivity contribution is 5.94. The number of benzene rings is 1. The first kappa shape index (κ1) is 25.7. The normalized spacial score (nSPS) is 24.8. The van der Waals surface area contributed by atoms with E-state index in [1.807, 2.05) is 28.0 Å². The summed E-state index contributed by atoms with van der Waals surface area (Å²) in [4.78, 5) is 31.8. The zero-order valence-corrected chi connectivity index (χ0v) is 22.0. The number of likely N-dealkylation sites (tertiary alicyclic amines) is 2. The van der Waals surface area contributed by atoms with Crippen LogP contribution in [0.15, 0.2) is 36.4 Å². The quantitative estimate of drug-likeness (QED) is 0.482. The third kappa shape index (κ3) is 5.28. The third-order valence-electron chi connectivity index (χ3n) is 8.60. The van der Waals surface area contributed by atoms with Crippen LogP contribution in [0.25, 0.3) is 0 Å². The zero-order chi connectivity index (χ0) is 25.0. The molecule has 6 nitrogen and oxygen atoms in total. The van der Waals surface area contributed by atoms with Crippen LogP contribution in [0.5, 0.6) is 0 Å². The van der Waals surface area contributed by atoms with E-state index in [4.69, 9.17) is 4.74 Å². The maximum absolute atomic E-state index is 12.9. The minimum Gasteiger partial charge on any atom is -0.445 e. The number of rotatable bonds is 7. The molecular weight excluding hydrogens is 438 g/mol. The number of carbonyl (C=O) groups is 2. The summed E-state index contributed by atoms with van der Waals surface area (Å²) in [6.07, 6.45) is 11.1. The topological polar surface area (TPSA) is 53.1 Å². The van der Waals surface area contributed by atoms with Crippen LogP contribution in [-0.2, 0) is 14.9 Å². The van der Waals surface area contributed by atoms with E-state index in [9.17, 15) is 9.59 Å². The molecule has 4 rings (SSSR count). The molecule has 2 amide bonds. The molecule has 1 aromatic carbocycles. The van der Waals surface area contributed by atoms with Crippen molar-refractivity contribution in [1.29, 1.82) is 0 Å². The second kappa shape index (κ2) is 11.2. The minimum atomic E-state index is -0.167. The van der Waals surface area contributed by atoms with E-state index in [1.165, 1.54) is 5.56 Å². The molecular formula is C29H43N3O3. The number of anilines is 1. The summed E-state index contributed by atoms with van der Waals surface area (Å²) in [5, 5.41) is 0. The van der Waals surface area contributed by atoms with E-state index in [-0.39, 0.29) is 29.5 Å². The predicted molar refractivity (Wildman–Crippen MR) is 141 cm³/mol. The number of ether oxygens (including phenoxy) is 1. The smallest absolute Gasteiger partial charge is 0.410 e. The van der Waals surface area contributed by atoms with Crippen molar-refractivity contribution < 1.29 is 14.3 Å². The second-order valence-corrected chi connectivity index (χ2v) is 10.7. The molecule has 35 heavy (non-hydrogen) atoms. The van der Waals surface area contributed by atoms with Crippen molar-refractivity contribution in [3.63, 3.8) is 0 Å². The molecule has 3 aliphatic rings. The van der Waals surface area contributed by atoms with Crippen molar-refractivity contribution >= 4 is 17.7 Å². The molecule has 0 bridgehead atoms. The maximum atomic E-state index is 12.9. The van der Waals surface area contributed by atoms with E-state index in [2.05, 4.69) is 43.9 Å². The number of fused-ring (bicyclic) bond motifs is 2. The standard InChI is InChI=1S/C29H43N3O3/c1-5-7-10-19-35-28(34)32-22(3)13-14-25(32)20-24(6-2)30-17-15-29(16-18-30)21-31(23(4)33)27-12-9-8-11-26(27)29/h7-12,22,24-25H,5-6,13-21H2,1-4H3. The molecule has 0 aromatic heterocycles. The Morgan fingerprint density at radius 3 is 2.57 bits per heavy atom. The van der Waals surface area contributed by atoms with Gasteiger partial charge in [0, 0.05) is 42.7 Å². The van der Waals surface area contributed by atoms with Gasteiger partial charge in [0.15, 0.2) is 0 Å². The van der Waals surface area contributed by atoms with Crippen LogP contribution in [0.4, 0.5) is 10.5 Å². The number of nitrogens with zero attached hydrogens (tertiary/aromatic N) is 3. The molecule has 192 valence electrons. The Morgan fingerprint density at radius 2 is 1.89 bits per heavy atom. The molecule has 6 heteroatoms. The first-order valence-corrected chi connectivity index (χ1v) is 13.6. The van der Waals surface area contributed by atoms with Crippen LogP contribution in [-0.4, -0.2) is 66.2 Å². The van der Waals surface area contributed by atoms with E-state index in [1.54, 1.807) is 6.92 Å². The van der Waals surface area contributed by atoms with Crippen LogP contribution < -0.4 is 4.90 Å². The third-order valence-corrected chi connectivity index (χ3v) is 8.60. The molecule has 3 heterocycles. The Balaban J connectivity index is 1.39. The number of para-hydroxylation sites is 1. The number of allylic oxidation sites excluding steroid dienone is 1. The number of hydrogen-bond acceptors (Lipinski definition) is 4. The highest BCUT2D eigenvalue weighted by Gasteiger charge is 2.46. The summed E-state index contributed by atoms with van der Waals surface area (Å²) >= 11 is 0. The van der Waals surface area contributed by atoms with Gasteiger partial charge in [0.1, 0.15) is 6.61 Å².